The third-order valence-corrected chi connectivity index (χ3v) is 2.97. The summed E-state index contributed by atoms with van der Waals surface area (Å²) >= 11 is 0. The Hall–Kier alpha value is -2.77. The van der Waals surface area contributed by atoms with E-state index in [2.05, 4.69) is 10.6 Å². The molecule has 160 valence electrons. The van der Waals surface area contributed by atoms with Crippen molar-refractivity contribution >= 4 is 29.6 Å². The Morgan fingerprint density at radius 2 is 1.46 bits per heavy atom. The average Bonchev–Trinajstić information content (AvgIpc) is 2.63. The lowest BCUT2D eigenvalue weighted by Crippen LogP contribution is -2.48. The Morgan fingerprint density at radius 1 is 0.893 bits per heavy atom. The highest BCUT2D eigenvalue weighted by Crippen LogP contribution is 1.91. The molecule has 1 unspecified atom stereocenters. The monoisotopic (exact) mass is 406 g/mol. The van der Waals surface area contributed by atoms with Crippen molar-refractivity contribution in [2.75, 3.05) is 53.2 Å². The second-order valence-corrected chi connectivity index (χ2v) is 5.34. The van der Waals surface area contributed by atoms with Crippen LogP contribution < -0.4 is 21.7 Å². The van der Waals surface area contributed by atoms with Crippen LogP contribution in [0.2, 0.25) is 0 Å². The predicted octanol–water partition coefficient (Wildman–Crippen LogP) is -3.66. The predicted molar refractivity (Wildman–Crippen MR) is 92.9 cm³/mol. The molecule has 0 rings (SSSR count). The van der Waals surface area contributed by atoms with E-state index in [1.165, 1.54) is 0 Å². The lowest BCUT2D eigenvalue weighted by molar-refractivity contribution is -0.143. The van der Waals surface area contributed by atoms with E-state index < -0.39 is 55.2 Å². The van der Waals surface area contributed by atoms with Crippen LogP contribution in [0, 0.1) is 0 Å². The number of hydrogen-bond donors (Lipinski definition) is 5. The van der Waals surface area contributed by atoms with Gasteiger partial charge in [0.05, 0.1) is 45.9 Å². The van der Waals surface area contributed by atoms with E-state index in [0.29, 0.717) is 19.8 Å². The molecule has 0 aromatic heterocycles. The molecule has 0 aliphatic carbocycles. The molecule has 0 aliphatic rings. The summed E-state index contributed by atoms with van der Waals surface area (Å²) in [5, 5.41) is 15.4. The van der Waals surface area contributed by atoms with E-state index >= 15 is 0 Å². The second-order valence-electron chi connectivity index (χ2n) is 5.34. The molecule has 0 aromatic carbocycles. The van der Waals surface area contributed by atoms with Crippen molar-refractivity contribution in [3.8, 4) is 0 Å². The van der Waals surface area contributed by atoms with Gasteiger partial charge < -0.3 is 41.0 Å². The van der Waals surface area contributed by atoms with E-state index in [4.69, 9.17) is 25.1 Å². The number of nitrogens with one attached hydrogen (secondary N) is 3. The number of ether oxygens (including phenoxy) is 3. The third-order valence-electron chi connectivity index (χ3n) is 2.97. The van der Waals surface area contributed by atoms with Gasteiger partial charge in [0.15, 0.2) is 0 Å². The van der Waals surface area contributed by atoms with E-state index in [9.17, 15) is 24.0 Å². The van der Waals surface area contributed by atoms with Crippen LogP contribution in [0.15, 0.2) is 0 Å². The molecule has 28 heavy (non-hydrogen) atoms. The van der Waals surface area contributed by atoms with Crippen LogP contribution in [0.1, 0.15) is 6.42 Å². The molecule has 0 aromatic rings. The maximum Gasteiger partial charge on any atom is 0.326 e. The zero-order chi connectivity index (χ0) is 21.4. The normalized spacial score (nSPS) is 11.3. The van der Waals surface area contributed by atoms with Gasteiger partial charge in [0.1, 0.15) is 12.6 Å². The van der Waals surface area contributed by atoms with Crippen LogP contribution >= 0.6 is 0 Å². The number of carbonyl (C=O) groups is 5. The van der Waals surface area contributed by atoms with Crippen LogP contribution in [0.25, 0.3) is 0 Å². The van der Waals surface area contributed by atoms with Crippen LogP contribution in [-0.4, -0.2) is 94.0 Å². The van der Waals surface area contributed by atoms with Crippen LogP contribution in [-0.2, 0) is 38.2 Å². The maximum absolute atomic E-state index is 11.6. The molecule has 0 spiro atoms. The zero-order valence-electron chi connectivity index (χ0n) is 15.5. The molecular weight excluding hydrogens is 380 g/mol. The van der Waals surface area contributed by atoms with Gasteiger partial charge in [0.25, 0.3) is 0 Å². The molecule has 0 saturated heterocycles. The van der Waals surface area contributed by atoms with Gasteiger partial charge in [-0.2, -0.15) is 0 Å². The van der Waals surface area contributed by atoms with Crippen LogP contribution in [0.3, 0.4) is 0 Å². The Labute approximate surface area is 161 Å². The lowest BCUT2D eigenvalue weighted by atomic mass is 10.2. The topological polar surface area (TPSA) is 195 Å². The summed E-state index contributed by atoms with van der Waals surface area (Å²) in [6, 6.07) is -1.49. The molecule has 6 N–H and O–H groups in total. The van der Waals surface area contributed by atoms with Crippen molar-refractivity contribution in [1.29, 1.82) is 0 Å². The molecule has 1 atom stereocenters. The summed E-state index contributed by atoms with van der Waals surface area (Å²) in [4.78, 5) is 56.2. The minimum absolute atomic E-state index is 0.194. The lowest BCUT2D eigenvalue weighted by Gasteiger charge is -2.13. The molecule has 0 saturated carbocycles. The Balaban J connectivity index is 3.87. The number of amides is 4. The summed E-state index contributed by atoms with van der Waals surface area (Å²) in [5.41, 5.74) is 4.88. The summed E-state index contributed by atoms with van der Waals surface area (Å²) in [6.45, 7) is 0.148. The van der Waals surface area contributed by atoms with Crippen molar-refractivity contribution in [2.24, 2.45) is 5.73 Å². The van der Waals surface area contributed by atoms with Crippen molar-refractivity contribution in [3.05, 3.63) is 0 Å². The SMILES string of the molecule is COCCOCCOCC(=O)NCC(=O)NCC(=O)NC(CC(N)=O)C(=O)O. The summed E-state index contributed by atoms with van der Waals surface area (Å²) < 4.78 is 14.9. The standard InChI is InChI=1S/C15H26N4O9/c1-26-2-3-27-4-5-28-9-14(23)18-7-12(21)17-8-13(22)19-10(15(24)25)6-11(16)20/h10H,2-9H2,1H3,(H2,16,20)(H,17,21)(H,18,23)(H,19,22)(H,24,25). The molecular formula is C15H26N4O9. The first-order valence-corrected chi connectivity index (χ1v) is 8.24. The van der Waals surface area contributed by atoms with Crippen molar-refractivity contribution < 1.29 is 43.3 Å². The third kappa shape index (κ3) is 14.4. The number of nitrogens with two attached hydrogens (primary N) is 1. The maximum atomic E-state index is 11.6. The summed E-state index contributed by atoms with van der Waals surface area (Å²) in [5.74, 6) is -4.37. The first-order chi connectivity index (χ1) is 13.3. The van der Waals surface area contributed by atoms with E-state index in [-0.39, 0.29) is 13.2 Å². The number of primary amides is 1. The van der Waals surface area contributed by atoms with Crippen molar-refractivity contribution in [3.63, 3.8) is 0 Å². The first kappa shape index (κ1) is 25.2. The molecule has 4 amide bonds. The van der Waals surface area contributed by atoms with E-state index in [1.807, 2.05) is 5.32 Å². The number of rotatable bonds is 16. The quantitative estimate of drug-likeness (QED) is 0.160. The van der Waals surface area contributed by atoms with Gasteiger partial charge in [-0.3, -0.25) is 19.2 Å². The van der Waals surface area contributed by atoms with E-state index in [0.717, 1.165) is 0 Å². The largest absolute Gasteiger partial charge is 0.480 e. The molecule has 0 bridgehead atoms. The zero-order valence-corrected chi connectivity index (χ0v) is 15.5. The van der Waals surface area contributed by atoms with E-state index in [1.54, 1.807) is 7.11 Å². The Kier molecular flexibility index (Phi) is 13.8. The fraction of sp³-hybridized carbons (Fsp3) is 0.667. The fourth-order valence-electron chi connectivity index (χ4n) is 1.64. The highest BCUT2D eigenvalue weighted by Gasteiger charge is 2.22. The van der Waals surface area contributed by atoms with Gasteiger partial charge in [-0.25, -0.2) is 4.79 Å². The van der Waals surface area contributed by atoms with Gasteiger partial charge in [-0.1, -0.05) is 0 Å². The Morgan fingerprint density at radius 3 is 2.07 bits per heavy atom. The molecule has 13 nitrogen and oxygen atoms in total. The first-order valence-electron chi connectivity index (χ1n) is 8.24. The van der Waals surface area contributed by atoms with Gasteiger partial charge >= 0.3 is 5.97 Å². The average molecular weight is 406 g/mol. The minimum atomic E-state index is -1.49. The fourth-order valence-corrected chi connectivity index (χ4v) is 1.64. The summed E-state index contributed by atoms with van der Waals surface area (Å²) in [7, 11) is 1.55. The number of methoxy groups -OCH3 is 1. The number of aliphatic carboxylic acids is 1. The number of carboxylic acid groups (broad SMARTS) is 1. The molecule has 0 radical (unpaired) electrons. The highest BCUT2D eigenvalue weighted by atomic mass is 16.5. The van der Waals surface area contributed by atoms with Crippen molar-refractivity contribution in [2.45, 2.75) is 12.5 Å². The van der Waals surface area contributed by atoms with Gasteiger partial charge in [0, 0.05) is 7.11 Å². The Bertz CT molecular complexity index is 542. The molecule has 0 heterocycles. The summed E-state index contributed by atoms with van der Waals surface area (Å²) in [6.07, 6.45) is -0.581. The van der Waals surface area contributed by atoms with Crippen LogP contribution in [0.5, 0.6) is 0 Å². The number of carbonyl (C=O) groups excluding carboxylic acids is 4. The molecule has 13 heteroatoms. The second kappa shape index (κ2) is 15.3. The van der Waals surface area contributed by atoms with Gasteiger partial charge in [0.2, 0.25) is 23.6 Å². The molecule has 0 aliphatic heterocycles. The minimum Gasteiger partial charge on any atom is -0.480 e. The number of carboxylic acids is 1. The smallest absolute Gasteiger partial charge is 0.326 e. The number of hydrogen-bond acceptors (Lipinski definition) is 8. The van der Waals surface area contributed by atoms with Crippen molar-refractivity contribution in [1.82, 2.24) is 16.0 Å². The molecule has 0 fully saturated rings. The van der Waals surface area contributed by atoms with Crippen LogP contribution in [0.4, 0.5) is 0 Å². The van der Waals surface area contributed by atoms with Gasteiger partial charge in [-0.05, 0) is 0 Å². The highest BCUT2D eigenvalue weighted by molar-refractivity contribution is 5.91. The van der Waals surface area contributed by atoms with Gasteiger partial charge in [-0.15, -0.1) is 0 Å².